The summed E-state index contributed by atoms with van der Waals surface area (Å²) in [5, 5.41) is 0.456. The molecule has 1 aliphatic rings. The smallest absolute Gasteiger partial charge is 0.163 e. The van der Waals surface area contributed by atoms with Crippen LogP contribution >= 0.6 is 11.6 Å². The fraction of sp³-hybridized carbons (Fsp3) is 0.520. The van der Waals surface area contributed by atoms with Gasteiger partial charge in [0.1, 0.15) is 0 Å². The number of carbonyl (C=O) groups is 1. The number of nitrogens with two attached hydrogens (primary N) is 1. The third-order valence-corrected chi connectivity index (χ3v) is 5.75. The Kier molecular flexibility index (Phi) is 11.8. The SMILES string of the molecule is C=CC(/C=C\N=C)=C(\CN(C)C(C)/C(=C/C(Cl)=C\N)C(C)OCC1CC1)C(=O)C(C)C. The van der Waals surface area contributed by atoms with Crippen LogP contribution < -0.4 is 5.73 Å². The van der Waals surface area contributed by atoms with Gasteiger partial charge in [0.25, 0.3) is 0 Å². The molecule has 0 bridgehead atoms. The van der Waals surface area contributed by atoms with E-state index in [0.29, 0.717) is 23.1 Å². The van der Waals surface area contributed by atoms with E-state index in [2.05, 4.69) is 30.1 Å². The highest BCUT2D eigenvalue weighted by Gasteiger charge is 2.27. The van der Waals surface area contributed by atoms with Crippen molar-refractivity contribution < 1.29 is 9.53 Å². The second kappa shape index (κ2) is 13.5. The number of hydrogen-bond acceptors (Lipinski definition) is 5. The maximum Gasteiger partial charge on any atom is 0.163 e. The highest BCUT2D eigenvalue weighted by atomic mass is 35.5. The average Bonchev–Trinajstić information content (AvgIpc) is 3.58. The Morgan fingerprint density at radius 3 is 2.45 bits per heavy atom. The molecule has 0 saturated heterocycles. The zero-order valence-corrected chi connectivity index (χ0v) is 20.4. The van der Waals surface area contributed by atoms with E-state index in [1.54, 1.807) is 18.4 Å². The number of ether oxygens (including phenoxy) is 1. The summed E-state index contributed by atoms with van der Waals surface area (Å²) < 4.78 is 6.11. The molecule has 0 amide bonds. The molecular weight excluding hydrogens is 410 g/mol. The van der Waals surface area contributed by atoms with Crippen LogP contribution in [0.1, 0.15) is 40.5 Å². The molecule has 0 aromatic rings. The van der Waals surface area contributed by atoms with E-state index in [-0.39, 0.29) is 23.8 Å². The molecule has 0 aliphatic heterocycles. The standard InChI is InChI=1S/C25H38ClN3O2/c1-8-21(11-12-28-6)24(25(30)17(2)3)15-29(7)18(4)23(13-22(26)14-27)19(5)31-16-20-9-10-20/h8,11-14,17-20H,1,6,9-10,15-16,27H2,2-5,7H3/b12-11-,22-14+,23-13-,24-21-. The number of allylic oxidation sites excluding steroid dienone is 5. The summed E-state index contributed by atoms with van der Waals surface area (Å²) in [6.07, 6.45) is 10.6. The fourth-order valence-electron chi connectivity index (χ4n) is 3.17. The lowest BCUT2D eigenvalue weighted by atomic mass is 9.94. The van der Waals surface area contributed by atoms with Gasteiger partial charge in [-0.15, -0.1) is 0 Å². The molecule has 2 unspecified atom stereocenters. The van der Waals surface area contributed by atoms with Crippen LogP contribution in [0.3, 0.4) is 0 Å². The van der Waals surface area contributed by atoms with Crippen LogP contribution in [0.5, 0.6) is 0 Å². The largest absolute Gasteiger partial charge is 0.403 e. The Balaban J connectivity index is 3.20. The van der Waals surface area contributed by atoms with Gasteiger partial charge in [-0.25, -0.2) is 0 Å². The van der Waals surface area contributed by atoms with Crippen molar-refractivity contribution in [2.24, 2.45) is 22.6 Å². The first-order chi connectivity index (χ1) is 14.7. The van der Waals surface area contributed by atoms with Crippen LogP contribution in [0.15, 0.2) is 64.0 Å². The van der Waals surface area contributed by atoms with Gasteiger partial charge < -0.3 is 10.5 Å². The molecule has 0 aromatic heterocycles. The zero-order valence-electron chi connectivity index (χ0n) is 19.6. The van der Waals surface area contributed by atoms with E-state index in [1.807, 2.05) is 33.9 Å². The van der Waals surface area contributed by atoms with Gasteiger partial charge in [0.2, 0.25) is 0 Å². The molecule has 2 atom stereocenters. The van der Waals surface area contributed by atoms with Gasteiger partial charge >= 0.3 is 0 Å². The van der Waals surface area contributed by atoms with Gasteiger partial charge in [0.05, 0.1) is 17.7 Å². The molecule has 0 radical (unpaired) electrons. The number of aliphatic imine (C=N–C) groups is 1. The van der Waals surface area contributed by atoms with E-state index in [1.165, 1.54) is 19.0 Å². The van der Waals surface area contributed by atoms with Crippen LogP contribution in [-0.2, 0) is 9.53 Å². The highest BCUT2D eigenvalue weighted by molar-refractivity contribution is 6.31. The van der Waals surface area contributed by atoms with Gasteiger partial charge in [0.15, 0.2) is 5.78 Å². The number of carbonyl (C=O) groups excluding carboxylic acids is 1. The number of hydrogen-bond donors (Lipinski definition) is 1. The molecule has 1 aliphatic carbocycles. The molecule has 6 heteroatoms. The minimum absolute atomic E-state index is 0.0366. The van der Waals surface area contributed by atoms with E-state index in [9.17, 15) is 4.79 Å². The van der Waals surface area contributed by atoms with Crippen molar-refractivity contribution in [3.63, 3.8) is 0 Å². The molecule has 0 spiro atoms. The second-order valence-corrected chi connectivity index (χ2v) is 8.80. The van der Waals surface area contributed by atoms with Crippen molar-refractivity contribution in [2.75, 3.05) is 20.2 Å². The van der Waals surface area contributed by atoms with Gasteiger partial charge in [0, 0.05) is 36.5 Å². The Hall–Kier alpha value is -1.95. The zero-order chi connectivity index (χ0) is 23.6. The molecular formula is C25H38ClN3O2. The first kappa shape index (κ1) is 27.1. The van der Waals surface area contributed by atoms with Crippen LogP contribution in [0.4, 0.5) is 0 Å². The van der Waals surface area contributed by atoms with Gasteiger partial charge in [-0.05, 0) is 69.7 Å². The minimum Gasteiger partial charge on any atom is -0.403 e. The number of likely N-dealkylation sites (N-methyl/N-ethyl adjacent to an activating group) is 1. The number of Topliss-reactive ketones (excluding diaryl/α,β-unsaturated/α-hetero) is 1. The van der Waals surface area contributed by atoms with Crippen molar-refractivity contribution in [2.45, 2.75) is 52.7 Å². The highest BCUT2D eigenvalue weighted by Crippen LogP contribution is 2.30. The Labute approximate surface area is 193 Å². The van der Waals surface area contributed by atoms with Crippen LogP contribution in [-0.4, -0.2) is 49.7 Å². The molecule has 5 nitrogen and oxygen atoms in total. The summed E-state index contributed by atoms with van der Waals surface area (Å²) in [4.78, 5) is 18.8. The van der Waals surface area contributed by atoms with Crippen molar-refractivity contribution in [3.8, 4) is 0 Å². The Morgan fingerprint density at radius 2 is 1.97 bits per heavy atom. The number of halogens is 1. The predicted octanol–water partition coefficient (Wildman–Crippen LogP) is 5.01. The second-order valence-electron chi connectivity index (χ2n) is 8.36. The summed E-state index contributed by atoms with van der Waals surface area (Å²) in [6.45, 7) is 16.4. The lowest BCUT2D eigenvalue weighted by molar-refractivity contribution is -0.118. The normalized spacial score (nSPS) is 18.3. The lowest BCUT2D eigenvalue weighted by Crippen LogP contribution is -2.38. The summed E-state index contributed by atoms with van der Waals surface area (Å²) in [6, 6.07) is -0.0366. The van der Waals surface area contributed by atoms with Crippen molar-refractivity contribution in [1.29, 1.82) is 0 Å². The molecule has 1 rings (SSSR count). The number of nitrogens with zero attached hydrogens (tertiary/aromatic N) is 2. The van der Waals surface area contributed by atoms with Crippen LogP contribution in [0.2, 0.25) is 0 Å². The van der Waals surface area contributed by atoms with Gasteiger partial charge in [-0.1, -0.05) is 38.1 Å². The average molecular weight is 448 g/mol. The molecule has 0 heterocycles. The number of rotatable bonds is 14. The summed E-state index contributed by atoms with van der Waals surface area (Å²) in [7, 11) is 1.98. The van der Waals surface area contributed by atoms with Crippen LogP contribution in [0.25, 0.3) is 0 Å². The lowest BCUT2D eigenvalue weighted by Gasteiger charge is -2.31. The van der Waals surface area contributed by atoms with E-state index in [0.717, 1.165) is 17.8 Å². The van der Waals surface area contributed by atoms with E-state index < -0.39 is 0 Å². The molecule has 1 fully saturated rings. The van der Waals surface area contributed by atoms with Crippen molar-refractivity contribution in [1.82, 2.24) is 4.90 Å². The quantitative estimate of drug-likeness (QED) is 0.231. The van der Waals surface area contributed by atoms with E-state index >= 15 is 0 Å². The molecule has 31 heavy (non-hydrogen) atoms. The molecule has 1 saturated carbocycles. The summed E-state index contributed by atoms with van der Waals surface area (Å²) in [5.74, 6) is 0.603. The van der Waals surface area contributed by atoms with Crippen molar-refractivity contribution in [3.05, 3.63) is 59.0 Å². The predicted molar refractivity (Wildman–Crippen MR) is 132 cm³/mol. The summed E-state index contributed by atoms with van der Waals surface area (Å²) >= 11 is 6.24. The first-order valence-corrected chi connectivity index (χ1v) is 11.2. The maximum atomic E-state index is 13.0. The maximum absolute atomic E-state index is 13.0. The Morgan fingerprint density at radius 1 is 1.32 bits per heavy atom. The monoisotopic (exact) mass is 447 g/mol. The van der Waals surface area contributed by atoms with Crippen LogP contribution in [0, 0.1) is 11.8 Å². The Bertz CT molecular complexity index is 761. The fourth-order valence-corrected chi connectivity index (χ4v) is 3.30. The first-order valence-electron chi connectivity index (χ1n) is 10.8. The third kappa shape index (κ3) is 8.98. The van der Waals surface area contributed by atoms with Gasteiger partial charge in [-0.3, -0.25) is 14.7 Å². The number of ketones is 1. The third-order valence-electron chi connectivity index (χ3n) is 5.51. The topological polar surface area (TPSA) is 67.9 Å². The van der Waals surface area contributed by atoms with Gasteiger partial charge in [-0.2, -0.15) is 0 Å². The minimum atomic E-state index is -0.135. The molecule has 172 valence electrons. The molecule has 0 aromatic carbocycles. The summed E-state index contributed by atoms with van der Waals surface area (Å²) in [5.41, 5.74) is 8.05. The molecule has 2 N–H and O–H groups in total. The van der Waals surface area contributed by atoms with E-state index in [4.69, 9.17) is 22.1 Å². The van der Waals surface area contributed by atoms with Crippen molar-refractivity contribution >= 4 is 24.1 Å².